The number of nitrogens with zero attached hydrogens (tertiary/aromatic N) is 3. The number of nitrogens with two attached hydrogens (primary N) is 1. The van der Waals surface area contributed by atoms with Crippen LogP contribution in [0.4, 0.5) is 5.95 Å². The number of aromatic nitrogens is 4. The Kier molecular flexibility index (Phi) is 5.12. The molecule has 0 aliphatic carbocycles. The van der Waals surface area contributed by atoms with Gasteiger partial charge in [-0.05, 0) is 36.6 Å². The number of fused-ring (bicyclic) bond motifs is 1. The molecule has 0 fully saturated rings. The quantitative estimate of drug-likeness (QED) is 0.502. The van der Waals surface area contributed by atoms with Crippen LogP contribution in [0.25, 0.3) is 22.2 Å². The summed E-state index contributed by atoms with van der Waals surface area (Å²) in [5.41, 5.74) is 10.6. The highest BCUT2D eigenvalue weighted by atomic mass is 16.4. The Balaban J connectivity index is 0.000000299. The van der Waals surface area contributed by atoms with E-state index in [0.717, 1.165) is 22.3 Å². The van der Waals surface area contributed by atoms with E-state index < -0.39 is 5.97 Å². The zero-order valence-electron chi connectivity index (χ0n) is 15.0. The molecule has 0 bridgehead atoms. The van der Waals surface area contributed by atoms with Crippen molar-refractivity contribution in [1.82, 2.24) is 19.9 Å². The Bertz CT molecular complexity index is 1070. The Morgan fingerprint density at radius 1 is 0.963 bits per heavy atom. The lowest BCUT2D eigenvalue weighted by molar-refractivity contribution is 0.0699. The lowest BCUT2D eigenvalue weighted by atomic mass is 9.93. The molecule has 136 valence electrons. The maximum absolute atomic E-state index is 11.3. The fraction of sp³-hybridized carbons (Fsp3) is 0.100. The van der Waals surface area contributed by atoms with Gasteiger partial charge in [0.25, 0.3) is 0 Å². The van der Waals surface area contributed by atoms with Crippen molar-refractivity contribution in [2.24, 2.45) is 0 Å². The largest absolute Gasteiger partial charge is 0.478 e. The van der Waals surface area contributed by atoms with Gasteiger partial charge in [-0.15, -0.1) is 0 Å². The summed E-state index contributed by atoms with van der Waals surface area (Å²) in [6.45, 7) is 4.07. The fourth-order valence-electron chi connectivity index (χ4n) is 2.95. The van der Waals surface area contributed by atoms with Crippen molar-refractivity contribution in [2.45, 2.75) is 13.8 Å². The zero-order chi connectivity index (χ0) is 19.4. The number of hydrogen-bond donors (Lipinski definition) is 3. The number of carbonyl (C=O) groups is 1. The molecule has 7 nitrogen and oxygen atoms in total. The van der Waals surface area contributed by atoms with Crippen molar-refractivity contribution in [3.05, 3.63) is 71.8 Å². The van der Waals surface area contributed by atoms with Gasteiger partial charge in [-0.2, -0.15) is 0 Å². The first-order chi connectivity index (χ1) is 13.0. The molecule has 0 saturated carbocycles. The molecule has 0 aliphatic rings. The summed E-state index contributed by atoms with van der Waals surface area (Å²) in [6.07, 6.45) is 6.39. The second-order valence-corrected chi connectivity index (χ2v) is 5.96. The molecule has 27 heavy (non-hydrogen) atoms. The maximum Gasteiger partial charge on any atom is 0.337 e. The lowest BCUT2D eigenvalue weighted by Gasteiger charge is -2.12. The van der Waals surface area contributed by atoms with Crippen LogP contribution < -0.4 is 5.73 Å². The van der Waals surface area contributed by atoms with Gasteiger partial charge in [0.2, 0.25) is 0 Å². The molecule has 0 amide bonds. The van der Waals surface area contributed by atoms with Crippen LogP contribution in [-0.2, 0) is 0 Å². The van der Waals surface area contributed by atoms with Crippen molar-refractivity contribution in [1.29, 1.82) is 0 Å². The standard InChI is InChI=1S/C17H14N2O2.C3H5N3/c1-10-4-3-5-11(2)14(10)12-6-7-13(17(20)21)16-15(12)18-8-9-19-16;4-3-5-1-2-6-3/h3-9H,1-2H3,(H,20,21);1-2H,(H3,4,5,6). The molecule has 4 rings (SSSR count). The van der Waals surface area contributed by atoms with Crippen molar-refractivity contribution in [3.8, 4) is 11.1 Å². The van der Waals surface area contributed by atoms with Gasteiger partial charge in [0.05, 0.1) is 11.1 Å². The molecule has 7 heteroatoms. The van der Waals surface area contributed by atoms with Crippen LogP contribution in [0.2, 0.25) is 0 Å². The van der Waals surface area contributed by atoms with E-state index in [-0.39, 0.29) is 5.56 Å². The normalized spacial score (nSPS) is 10.3. The minimum atomic E-state index is -0.992. The number of imidazole rings is 1. The van der Waals surface area contributed by atoms with Crippen LogP contribution in [-0.4, -0.2) is 31.0 Å². The third-order valence-corrected chi connectivity index (χ3v) is 4.13. The molecule has 2 aromatic carbocycles. The Morgan fingerprint density at radius 2 is 1.63 bits per heavy atom. The number of nitrogens with one attached hydrogen (secondary N) is 1. The molecule has 0 spiro atoms. The Labute approximate surface area is 155 Å². The van der Waals surface area contributed by atoms with E-state index in [4.69, 9.17) is 5.73 Å². The number of benzene rings is 2. The molecule has 0 aliphatic heterocycles. The van der Waals surface area contributed by atoms with E-state index in [1.165, 1.54) is 6.20 Å². The van der Waals surface area contributed by atoms with Gasteiger partial charge in [0.1, 0.15) is 5.52 Å². The number of H-pyrrole nitrogens is 1. The summed E-state index contributed by atoms with van der Waals surface area (Å²) in [5, 5.41) is 9.29. The minimum Gasteiger partial charge on any atom is -0.478 e. The van der Waals surface area contributed by atoms with Gasteiger partial charge < -0.3 is 15.8 Å². The first kappa shape index (κ1) is 18.1. The molecule has 0 unspecified atom stereocenters. The lowest BCUT2D eigenvalue weighted by Crippen LogP contribution is -2.01. The predicted molar refractivity (Wildman–Crippen MR) is 104 cm³/mol. The first-order valence-corrected chi connectivity index (χ1v) is 8.27. The summed E-state index contributed by atoms with van der Waals surface area (Å²) in [5.74, 6) is -0.524. The third-order valence-electron chi connectivity index (χ3n) is 4.13. The van der Waals surface area contributed by atoms with E-state index >= 15 is 0 Å². The number of anilines is 1. The topological polar surface area (TPSA) is 118 Å². The van der Waals surface area contributed by atoms with Crippen molar-refractivity contribution >= 4 is 23.0 Å². The Morgan fingerprint density at radius 3 is 2.15 bits per heavy atom. The van der Waals surface area contributed by atoms with Crippen LogP contribution in [0.1, 0.15) is 21.5 Å². The number of aryl methyl sites for hydroxylation is 2. The predicted octanol–water partition coefficient (Wildman–Crippen LogP) is 3.60. The zero-order valence-corrected chi connectivity index (χ0v) is 15.0. The molecular formula is C20H19N5O2. The average molecular weight is 361 g/mol. The smallest absolute Gasteiger partial charge is 0.337 e. The van der Waals surface area contributed by atoms with E-state index in [0.29, 0.717) is 17.0 Å². The summed E-state index contributed by atoms with van der Waals surface area (Å²) < 4.78 is 0. The van der Waals surface area contributed by atoms with Crippen LogP contribution in [0.5, 0.6) is 0 Å². The van der Waals surface area contributed by atoms with Crippen LogP contribution in [0.3, 0.4) is 0 Å². The van der Waals surface area contributed by atoms with Gasteiger partial charge in [0.15, 0.2) is 5.95 Å². The molecule has 4 N–H and O–H groups in total. The second kappa shape index (κ2) is 7.65. The van der Waals surface area contributed by atoms with Gasteiger partial charge in [0, 0.05) is 30.4 Å². The third kappa shape index (κ3) is 3.77. The number of rotatable bonds is 2. The number of aromatic amines is 1. The highest BCUT2D eigenvalue weighted by molar-refractivity contribution is 6.05. The van der Waals surface area contributed by atoms with E-state index in [9.17, 15) is 9.90 Å². The highest BCUT2D eigenvalue weighted by Crippen LogP contribution is 2.32. The SMILES string of the molecule is Cc1cccc(C)c1-c1ccc(C(=O)O)c2nccnc12.Nc1ncc[nH]1. The number of hydrogen-bond acceptors (Lipinski definition) is 5. The van der Waals surface area contributed by atoms with E-state index in [1.807, 2.05) is 38.1 Å². The van der Waals surface area contributed by atoms with Gasteiger partial charge in [-0.1, -0.05) is 24.3 Å². The molecule has 0 atom stereocenters. The molecule has 2 aromatic heterocycles. The molecule has 2 heterocycles. The van der Waals surface area contributed by atoms with Gasteiger partial charge in [-0.25, -0.2) is 9.78 Å². The molecule has 0 saturated heterocycles. The van der Waals surface area contributed by atoms with Crippen molar-refractivity contribution in [3.63, 3.8) is 0 Å². The monoisotopic (exact) mass is 361 g/mol. The molecular weight excluding hydrogens is 342 g/mol. The summed E-state index contributed by atoms with van der Waals surface area (Å²) in [7, 11) is 0. The number of aromatic carboxylic acids is 1. The highest BCUT2D eigenvalue weighted by Gasteiger charge is 2.16. The molecule has 4 aromatic rings. The summed E-state index contributed by atoms with van der Waals surface area (Å²) >= 11 is 0. The van der Waals surface area contributed by atoms with Crippen molar-refractivity contribution < 1.29 is 9.90 Å². The molecule has 0 radical (unpaired) electrons. The van der Waals surface area contributed by atoms with Gasteiger partial charge >= 0.3 is 5.97 Å². The first-order valence-electron chi connectivity index (χ1n) is 8.27. The van der Waals surface area contributed by atoms with E-state index in [1.54, 1.807) is 24.7 Å². The van der Waals surface area contributed by atoms with Crippen LogP contribution in [0.15, 0.2) is 55.1 Å². The Hall–Kier alpha value is -3.74. The minimum absolute atomic E-state index is 0.174. The van der Waals surface area contributed by atoms with E-state index in [2.05, 4.69) is 19.9 Å². The number of nitrogen functional groups attached to an aromatic ring is 1. The maximum atomic E-state index is 11.3. The van der Waals surface area contributed by atoms with Gasteiger partial charge in [-0.3, -0.25) is 9.97 Å². The second-order valence-electron chi connectivity index (χ2n) is 5.96. The fourth-order valence-corrected chi connectivity index (χ4v) is 2.95. The average Bonchev–Trinajstić information content (AvgIpc) is 3.13. The summed E-state index contributed by atoms with van der Waals surface area (Å²) in [4.78, 5) is 26.2. The number of carboxylic acids is 1. The van der Waals surface area contributed by atoms with Crippen molar-refractivity contribution in [2.75, 3.05) is 5.73 Å². The summed E-state index contributed by atoms with van der Waals surface area (Å²) in [6, 6.07) is 9.50. The van der Waals surface area contributed by atoms with Crippen LogP contribution in [0, 0.1) is 13.8 Å². The van der Waals surface area contributed by atoms with Crippen LogP contribution >= 0.6 is 0 Å². The number of carboxylic acid groups (broad SMARTS) is 1.